The minimum absolute atomic E-state index is 0.113. The highest BCUT2D eigenvalue weighted by atomic mass is 32.2. The number of sulfonamides is 1. The van der Waals surface area contributed by atoms with Gasteiger partial charge in [-0.2, -0.15) is 0 Å². The molecule has 9 heteroatoms. The second kappa shape index (κ2) is 11.6. The maximum Gasteiger partial charge on any atom is 0.244 e. The maximum absolute atomic E-state index is 13.7. The molecule has 8 nitrogen and oxygen atoms in total. The summed E-state index contributed by atoms with van der Waals surface area (Å²) >= 11 is 0. The Balaban J connectivity index is 2.46. The summed E-state index contributed by atoms with van der Waals surface area (Å²) in [6.45, 7) is 8.84. The van der Waals surface area contributed by atoms with Crippen LogP contribution in [-0.4, -0.2) is 56.6 Å². The summed E-state index contributed by atoms with van der Waals surface area (Å²) in [5.41, 5.74) is 1.53. The van der Waals surface area contributed by atoms with Crippen molar-refractivity contribution in [1.29, 1.82) is 0 Å². The summed E-state index contributed by atoms with van der Waals surface area (Å²) in [4.78, 5) is 28.1. The number of hydrogen-bond acceptors (Lipinski definition) is 5. The molecular weight excluding hydrogens is 466 g/mol. The number of methoxy groups -OCH3 is 1. The summed E-state index contributed by atoms with van der Waals surface area (Å²) < 4.78 is 31.9. The third kappa shape index (κ3) is 7.99. The number of nitrogens with zero attached hydrogens (tertiary/aromatic N) is 2. The summed E-state index contributed by atoms with van der Waals surface area (Å²) in [7, 11) is -2.22. The lowest BCUT2D eigenvalue weighted by atomic mass is 10.1. The molecule has 0 aliphatic heterocycles. The molecule has 0 fully saturated rings. The highest BCUT2D eigenvalue weighted by Gasteiger charge is 2.31. The maximum atomic E-state index is 13.7. The predicted octanol–water partition coefficient (Wildman–Crippen LogP) is 3.36. The first-order valence-electron chi connectivity index (χ1n) is 11.6. The third-order valence-corrected chi connectivity index (χ3v) is 6.60. The zero-order valence-electron chi connectivity index (χ0n) is 21.7. The standard InChI is InChI=1S/C26H37N3O5S/c1-8-21-13-9-10-15-23(21)29(35(7,32)33)18-24(30)28(19(2)25(31)27-26(3,4)5)17-20-12-11-14-22(16-20)34-6/h9-16,19H,8,17-18H2,1-7H3,(H,27,31)/t19-/m1/s1. The molecule has 0 radical (unpaired) electrons. The van der Waals surface area contributed by atoms with E-state index in [2.05, 4.69) is 5.32 Å². The Kier molecular flexibility index (Phi) is 9.31. The molecule has 0 bridgehead atoms. The van der Waals surface area contributed by atoms with Crippen LogP contribution in [0.15, 0.2) is 48.5 Å². The zero-order chi connectivity index (χ0) is 26.4. The van der Waals surface area contributed by atoms with Gasteiger partial charge in [0.1, 0.15) is 18.3 Å². The zero-order valence-corrected chi connectivity index (χ0v) is 22.5. The second-order valence-corrected chi connectivity index (χ2v) is 11.4. The average molecular weight is 504 g/mol. The summed E-state index contributed by atoms with van der Waals surface area (Å²) in [5.74, 6) is -0.189. The number of amides is 2. The minimum atomic E-state index is -3.77. The summed E-state index contributed by atoms with van der Waals surface area (Å²) in [5, 5.41) is 2.91. The van der Waals surface area contributed by atoms with Crippen molar-refractivity contribution in [3.05, 3.63) is 59.7 Å². The Morgan fingerprint density at radius 1 is 1.09 bits per heavy atom. The van der Waals surface area contributed by atoms with Crippen molar-refractivity contribution in [3.8, 4) is 5.75 Å². The van der Waals surface area contributed by atoms with Gasteiger partial charge in [-0.15, -0.1) is 0 Å². The number of carbonyl (C=O) groups excluding carboxylic acids is 2. The highest BCUT2D eigenvalue weighted by Crippen LogP contribution is 2.24. The fourth-order valence-corrected chi connectivity index (χ4v) is 4.55. The van der Waals surface area contributed by atoms with E-state index in [0.717, 1.165) is 21.7 Å². The number of hydrogen-bond donors (Lipinski definition) is 1. The van der Waals surface area contributed by atoms with Crippen LogP contribution in [0, 0.1) is 0 Å². The van der Waals surface area contributed by atoms with Crippen molar-refractivity contribution in [2.45, 2.75) is 59.2 Å². The molecule has 192 valence electrons. The molecule has 0 unspecified atom stereocenters. The van der Waals surface area contributed by atoms with E-state index in [-0.39, 0.29) is 12.5 Å². The van der Waals surface area contributed by atoms with Crippen molar-refractivity contribution in [3.63, 3.8) is 0 Å². The van der Waals surface area contributed by atoms with Gasteiger partial charge in [-0.05, 0) is 63.4 Å². The second-order valence-electron chi connectivity index (χ2n) is 9.54. The van der Waals surface area contributed by atoms with Gasteiger partial charge in [0.15, 0.2) is 0 Å². The fourth-order valence-electron chi connectivity index (χ4n) is 3.67. The van der Waals surface area contributed by atoms with E-state index in [9.17, 15) is 18.0 Å². The van der Waals surface area contributed by atoms with Crippen LogP contribution in [0.2, 0.25) is 0 Å². The summed E-state index contributed by atoms with van der Waals surface area (Å²) in [6, 6.07) is 13.5. The minimum Gasteiger partial charge on any atom is -0.497 e. The lowest BCUT2D eigenvalue weighted by Crippen LogP contribution is -2.54. The molecule has 2 aromatic carbocycles. The first-order chi connectivity index (χ1) is 16.3. The molecule has 0 saturated carbocycles. The fraction of sp³-hybridized carbons (Fsp3) is 0.462. The van der Waals surface area contributed by atoms with Crippen LogP contribution in [0.25, 0.3) is 0 Å². The predicted molar refractivity (Wildman–Crippen MR) is 139 cm³/mol. The van der Waals surface area contributed by atoms with E-state index in [1.165, 1.54) is 4.90 Å². The van der Waals surface area contributed by atoms with Gasteiger partial charge >= 0.3 is 0 Å². The van der Waals surface area contributed by atoms with E-state index in [4.69, 9.17) is 4.74 Å². The van der Waals surface area contributed by atoms with Crippen molar-refractivity contribution in [2.75, 3.05) is 24.2 Å². The molecule has 0 aromatic heterocycles. The van der Waals surface area contributed by atoms with Crippen LogP contribution in [0.1, 0.15) is 45.7 Å². The lowest BCUT2D eigenvalue weighted by molar-refractivity contribution is -0.140. The van der Waals surface area contributed by atoms with E-state index >= 15 is 0 Å². The highest BCUT2D eigenvalue weighted by molar-refractivity contribution is 7.92. The Morgan fingerprint density at radius 2 is 1.74 bits per heavy atom. The first-order valence-corrected chi connectivity index (χ1v) is 13.4. The van der Waals surface area contributed by atoms with E-state index < -0.39 is 34.1 Å². The normalized spacial score (nSPS) is 12.5. The molecule has 0 heterocycles. The Labute approximate surface area is 209 Å². The van der Waals surface area contributed by atoms with E-state index in [1.807, 2.05) is 45.9 Å². The topological polar surface area (TPSA) is 96.0 Å². The molecular formula is C26H37N3O5S. The van der Waals surface area contributed by atoms with Gasteiger partial charge < -0.3 is 15.0 Å². The molecule has 0 spiro atoms. The lowest BCUT2D eigenvalue weighted by Gasteiger charge is -2.33. The number of nitrogens with one attached hydrogen (secondary N) is 1. The number of benzene rings is 2. The SMILES string of the molecule is CCc1ccccc1N(CC(=O)N(Cc1cccc(OC)c1)[C@H](C)C(=O)NC(C)(C)C)S(C)(=O)=O. The van der Waals surface area contributed by atoms with Crippen LogP contribution < -0.4 is 14.4 Å². The number of ether oxygens (including phenoxy) is 1. The van der Waals surface area contributed by atoms with Crippen LogP contribution in [0.3, 0.4) is 0 Å². The first kappa shape index (κ1) is 28.2. The third-order valence-electron chi connectivity index (χ3n) is 5.47. The molecule has 2 rings (SSSR count). The molecule has 0 saturated heterocycles. The molecule has 0 aliphatic carbocycles. The Hall–Kier alpha value is -3.07. The van der Waals surface area contributed by atoms with Crippen LogP contribution in [-0.2, 0) is 32.6 Å². The van der Waals surface area contributed by atoms with Crippen LogP contribution in [0.4, 0.5) is 5.69 Å². The Morgan fingerprint density at radius 3 is 2.31 bits per heavy atom. The Bertz CT molecular complexity index is 1140. The molecule has 2 aromatic rings. The molecule has 0 aliphatic rings. The molecule has 35 heavy (non-hydrogen) atoms. The average Bonchev–Trinajstić information content (AvgIpc) is 2.78. The number of para-hydroxylation sites is 1. The van der Waals surface area contributed by atoms with Gasteiger partial charge in [-0.25, -0.2) is 8.42 Å². The van der Waals surface area contributed by atoms with E-state index in [0.29, 0.717) is 17.9 Å². The van der Waals surface area contributed by atoms with Gasteiger partial charge in [0, 0.05) is 12.1 Å². The van der Waals surface area contributed by atoms with Crippen LogP contribution >= 0.6 is 0 Å². The van der Waals surface area contributed by atoms with Crippen molar-refractivity contribution in [1.82, 2.24) is 10.2 Å². The summed E-state index contributed by atoms with van der Waals surface area (Å²) in [6.07, 6.45) is 1.68. The monoisotopic (exact) mass is 503 g/mol. The van der Waals surface area contributed by atoms with Gasteiger partial charge in [0.25, 0.3) is 0 Å². The van der Waals surface area contributed by atoms with Gasteiger partial charge in [0.2, 0.25) is 21.8 Å². The molecule has 1 N–H and O–H groups in total. The largest absolute Gasteiger partial charge is 0.497 e. The van der Waals surface area contributed by atoms with Gasteiger partial charge in [0.05, 0.1) is 19.1 Å². The number of aryl methyl sites for hydroxylation is 1. The van der Waals surface area contributed by atoms with Crippen molar-refractivity contribution >= 4 is 27.5 Å². The molecule has 2 amide bonds. The molecule has 1 atom stereocenters. The number of carbonyl (C=O) groups is 2. The van der Waals surface area contributed by atoms with Gasteiger partial charge in [-0.3, -0.25) is 13.9 Å². The smallest absolute Gasteiger partial charge is 0.244 e. The van der Waals surface area contributed by atoms with Crippen LogP contribution in [0.5, 0.6) is 5.75 Å². The van der Waals surface area contributed by atoms with Crippen molar-refractivity contribution < 1.29 is 22.7 Å². The number of anilines is 1. The number of rotatable bonds is 10. The van der Waals surface area contributed by atoms with E-state index in [1.54, 1.807) is 44.4 Å². The van der Waals surface area contributed by atoms with Crippen molar-refractivity contribution in [2.24, 2.45) is 0 Å². The van der Waals surface area contributed by atoms with Gasteiger partial charge in [-0.1, -0.05) is 37.3 Å². The quantitative estimate of drug-likeness (QED) is 0.536.